The Hall–Kier alpha value is -3.34. The molecule has 148 valence electrons. The van der Waals surface area contributed by atoms with E-state index in [1.807, 2.05) is 56.2 Å². The van der Waals surface area contributed by atoms with E-state index in [4.69, 9.17) is 10.00 Å². The van der Waals surface area contributed by atoms with Gasteiger partial charge in [0.1, 0.15) is 17.9 Å². The van der Waals surface area contributed by atoms with Gasteiger partial charge in [-0.2, -0.15) is 15.8 Å². The van der Waals surface area contributed by atoms with E-state index >= 15 is 0 Å². The second-order valence-electron chi connectivity index (χ2n) is 6.76. The second kappa shape index (κ2) is 10.3. The third-order valence-electron chi connectivity index (χ3n) is 4.17. The monoisotopic (exact) mass is 405 g/mol. The van der Waals surface area contributed by atoms with Crippen molar-refractivity contribution in [3.8, 4) is 24.0 Å². The Bertz CT molecular complexity index is 934. The summed E-state index contributed by atoms with van der Waals surface area (Å²) in [7, 11) is 7.97. The van der Waals surface area contributed by atoms with Crippen LogP contribution in [0.15, 0.2) is 35.2 Å². The summed E-state index contributed by atoms with van der Waals surface area (Å²) in [5.74, 6) is 1.50. The molecular formula is C22H23N5OS. The molecule has 0 aliphatic carbocycles. The highest BCUT2D eigenvalue weighted by atomic mass is 32.2. The Morgan fingerprint density at radius 2 is 1.38 bits per heavy atom. The topological polar surface area (TPSA) is 87.1 Å². The van der Waals surface area contributed by atoms with Gasteiger partial charge in [-0.05, 0) is 24.6 Å². The van der Waals surface area contributed by atoms with Gasteiger partial charge >= 0.3 is 0 Å². The van der Waals surface area contributed by atoms with Gasteiger partial charge in [0.25, 0.3) is 0 Å². The van der Waals surface area contributed by atoms with E-state index in [9.17, 15) is 10.5 Å². The van der Waals surface area contributed by atoms with Gasteiger partial charge in [-0.3, -0.25) is 0 Å². The van der Waals surface area contributed by atoms with Crippen LogP contribution >= 0.6 is 11.8 Å². The van der Waals surface area contributed by atoms with Gasteiger partial charge in [-0.1, -0.05) is 0 Å². The molecule has 0 N–H and O–H groups in total. The Morgan fingerprint density at radius 3 is 1.83 bits per heavy atom. The Balaban J connectivity index is 2.00. The summed E-state index contributed by atoms with van der Waals surface area (Å²) in [5.41, 5.74) is 3.18. The lowest BCUT2D eigenvalue weighted by Gasteiger charge is -2.20. The molecule has 0 radical (unpaired) electrons. The molecule has 0 saturated carbocycles. The fraction of sp³-hybridized carbons (Fsp3) is 0.318. The number of nitriles is 3. The van der Waals surface area contributed by atoms with Crippen LogP contribution in [-0.2, 0) is 0 Å². The number of hydrogen-bond donors (Lipinski definition) is 0. The molecule has 0 spiro atoms. The lowest BCUT2D eigenvalue weighted by Crippen LogP contribution is -2.13. The third kappa shape index (κ3) is 5.82. The molecule has 0 bridgehead atoms. The maximum absolute atomic E-state index is 9.34. The zero-order valence-electron chi connectivity index (χ0n) is 17.1. The average Bonchev–Trinajstić information content (AvgIpc) is 2.72. The summed E-state index contributed by atoms with van der Waals surface area (Å²) in [4.78, 5) is 4.69. The van der Waals surface area contributed by atoms with Crippen molar-refractivity contribution in [2.45, 2.75) is 11.3 Å². The molecule has 0 atom stereocenters. The zero-order valence-corrected chi connectivity index (χ0v) is 17.9. The van der Waals surface area contributed by atoms with E-state index in [0.29, 0.717) is 33.9 Å². The highest BCUT2D eigenvalue weighted by Gasteiger charge is 2.12. The molecule has 0 unspecified atom stereocenters. The molecule has 0 heterocycles. The van der Waals surface area contributed by atoms with Crippen molar-refractivity contribution in [3.05, 3.63) is 47.0 Å². The van der Waals surface area contributed by atoms with Gasteiger partial charge in [0.15, 0.2) is 0 Å². The summed E-state index contributed by atoms with van der Waals surface area (Å²) in [6.07, 6.45) is 0.754. The number of hydrogen-bond acceptors (Lipinski definition) is 7. The SMILES string of the molecule is CN(C)c1cc(OCCCSc2c(C#N)cc(C#N)cc2C#N)cc(N(C)C)c1. The first kappa shape index (κ1) is 22.0. The molecular weight excluding hydrogens is 382 g/mol. The van der Waals surface area contributed by atoms with Crippen LogP contribution in [0.5, 0.6) is 5.75 Å². The van der Waals surface area contributed by atoms with E-state index in [-0.39, 0.29) is 0 Å². The standard InChI is InChI=1S/C22H23N5OS/c1-26(2)19-10-20(27(3)4)12-21(11-19)28-6-5-7-29-22-17(14-24)8-16(13-23)9-18(22)15-25/h8-12H,5-7H2,1-4H3. The van der Waals surface area contributed by atoms with E-state index in [2.05, 4.69) is 18.2 Å². The Kier molecular flexibility index (Phi) is 7.78. The van der Waals surface area contributed by atoms with Crippen LogP contribution in [0.3, 0.4) is 0 Å². The highest BCUT2D eigenvalue weighted by Crippen LogP contribution is 2.30. The molecule has 0 aliphatic heterocycles. The fourth-order valence-corrected chi connectivity index (χ4v) is 3.59. The molecule has 0 aromatic heterocycles. The summed E-state index contributed by atoms with van der Waals surface area (Å²) in [6.45, 7) is 0.525. The fourth-order valence-electron chi connectivity index (χ4n) is 2.61. The number of rotatable bonds is 8. The first-order valence-corrected chi connectivity index (χ1v) is 10.0. The smallest absolute Gasteiger partial charge is 0.123 e. The molecule has 29 heavy (non-hydrogen) atoms. The maximum Gasteiger partial charge on any atom is 0.123 e. The van der Waals surface area contributed by atoms with Crippen molar-refractivity contribution in [1.82, 2.24) is 0 Å². The van der Waals surface area contributed by atoms with Crippen molar-refractivity contribution in [1.29, 1.82) is 15.8 Å². The second-order valence-corrected chi connectivity index (χ2v) is 7.87. The molecule has 7 heteroatoms. The Labute approximate surface area is 176 Å². The molecule has 2 aromatic rings. The van der Waals surface area contributed by atoms with Crippen molar-refractivity contribution >= 4 is 23.1 Å². The molecule has 2 aromatic carbocycles. The lowest BCUT2D eigenvalue weighted by molar-refractivity contribution is 0.319. The van der Waals surface area contributed by atoms with Gasteiger partial charge in [0, 0.05) is 62.3 Å². The van der Waals surface area contributed by atoms with Gasteiger partial charge in [0.2, 0.25) is 0 Å². The number of ether oxygens (including phenoxy) is 1. The number of anilines is 2. The molecule has 0 fully saturated rings. The van der Waals surface area contributed by atoms with Gasteiger partial charge < -0.3 is 14.5 Å². The molecule has 0 amide bonds. The summed E-state index contributed by atoms with van der Waals surface area (Å²) >= 11 is 1.44. The maximum atomic E-state index is 9.34. The Morgan fingerprint density at radius 1 is 0.828 bits per heavy atom. The molecule has 0 aliphatic rings. The number of benzene rings is 2. The summed E-state index contributed by atoms with van der Waals surface area (Å²) in [6, 6.07) is 15.3. The van der Waals surface area contributed by atoms with Crippen LogP contribution in [0.25, 0.3) is 0 Å². The molecule has 6 nitrogen and oxygen atoms in total. The van der Waals surface area contributed by atoms with Crippen molar-refractivity contribution < 1.29 is 4.74 Å². The molecule has 2 rings (SSSR count). The predicted octanol–water partition coefficient (Wildman–Crippen LogP) is 3.99. The minimum absolute atomic E-state index is 0.322. The van der Waals surface area contributed by atoms with Gasteiger partial charge in [-0.15, -0.1) is 11.8 Å². The highest BCUT2D eigenvalue weighted by molar-refractivity contribution is 7.99. The first-order valence-electron chi connectivity index (χ1n) is 9.03. The normalized spacial score (nSPS) is 9.83. The number of nitrogens with zero attached hydrogens (tertiary/aromatic N) is 5. The van der Waals surface area contributed by atoms with E-state index in [1.54, 1.807) is 0 Å². The van der Waals surface area contributed by atoms with E-state index in [1.165, 1.54) is 23.9 Å². The summed E-state index contributed by atoms with van der Waals surface area (Å²) in [5, 5.41) is 27.7. The van der Waals surface area contributed by atoms with Crippen LogP contribution in [0.1, 0.15) is 23.1 Å². The van der Waals surface area contributed by atoms with Crippen LogP contribution < -0.4 is 14.5 Å². The number of thioether (sulfide) groups is 1. The van der Waals surface area contributed by atoms with Crippen molar-refractivity contribution in [2.75, 3.05) is 50.4 Å². The predicted molar refractivity (Wildman–Crippen MR) is 117 cm³/mol. The zero-order chi connectivity index (χ0) is 21.4. The van der Waals surface area contributed by atoms with Crippen molar-refractivity contribution in [2.24, 2.45) is 0 Å². The quantitative estimate of drug-likeness (QED) is 0.484. The summed E-state index contributed by atoms with van der Waals surface area (Å²) < 4.78 is 5.94. The van der Waals surface area contributed by atoms with Crippen molar-refractivity contribution in [3.63, 3.8) is 0 Å². The largest absolute Gasteiger partial charge is 0.493 e. The van der Waals surface area contributed by atoms with Crippen LogP contribution in [0.4, 0.5) is 11.4 Å². The van der Waals surface area contributed by atoms with Crippen LogP contribution in [0.2, 0.25) is 0 Å². The van der Waals surface area contributed by atoms with Gasteiger partial charge in [-0.25, -0.2) is 0 Å². The van der Waals surface area contributed by atoms with Crippen LogP contribution in [-0.4, -0.2) is 40.6 Å². The van der Waals surface area contributed by atoms with E-state index < -0.39 is 0 Å². The third-order valence-corrected chi connectivity index (χ3v) is 5.39. The van der Waals surface area contributed by atoms with Crippen LogP contribution in [0, 0.1) is 34.0 Å². The minimum atomic E-state index is 0.322. The average molecular weight is 406 g/mol. The minimum Gasteiger partial charge on any atom is -0.493 e. The van der Waals surface area contributed by atoms with Gasteiger partial charge in [0.05, 0.1) is 29.4 Å². The first-order chi connectivity index (χ1) is 13.9. The molecule has 0 saturated heterocycles. The lowest BCUT2D eigenvalue weighted by atomic mass is 10.1. The van der Waals surface area contributed by atoms with E-state index in [0.717, 1.165) is 23.5 Å².